The van der Waals surface area contributed by atoms with Gasteiger partial charge in [-0.15, -0.1) is 11.3 Å². The van der Waals surface area contributed by atoms with Crippen LogP contribution in [-0.2, 0) is 0 Å². The average molecular weight is 379 g/mol. The predicted octanol–water partition coefficient (Wildman–Crippen LogP) is 4.04. The van der Waals surface area contributed by atoms with Crippen LogP contribution in [0.25, 0.3) is 0 Å². The minimum atomic E-state index is 0.229. The molecule has 0 N–H and O–H groups in total. The zero-order valence-electron chi connectivity index (χ0n) is 9.23. The van der Waals surface area contributed by atoms with Crippen molar-refractivity contribution in [3.05, 3.63) is 20.8 Å². The Bertz CT molecular complexity index is 433. The predicted molar refractivity (Wildman–Crippen MR) is 76.9 cm³/mol. The lowest BCUT2D eigenvalue weighted by Crippen LogP contribution is -2.46. The number of halogens is 2. The highest BCUT2D eigenvalue weighted by Crippen LogP contribution is 2.40. The summed E-state index contributed by atoms with van der Waals surface area (Å²) in [5, 5.41) is 0. The summed E-state index contributed by atoms with van der Waals surface area (Å²) in [5.41, 5.74) is 0. The molecule has 2 saturated heterocycles. The van der Waals surface area contributed by atoms with Crippen LogP contribution in [0, 0.1) is 0 Å². The third-order valence-electron chi connectivity index (χ3n) is 3.69. The summed E-state index contributed by atoms with van der Waals surface area (Å²) in [6, 6.07) is 4.78. The molecule has 17 heavy (non-hydrogen) atoms. The fraction of sp³-hybridized carbons (Fsp3) is 0.583. The third-order valence-corrected chi connectivity index (χ3v) is 6.05. The Balaban J connectivity index is 1.83. The van der Waals surface area contributed by atoms with Gasteiger partial charge in [-0.05, 0) is 53.7 Å². The molecular weight excluding hydrogens is 366 g/mol. The summed E-state index contributed by atoms with van der Waals surface area (Å²) in [6.07, 6.45) is 4.56. The van der Waals surface area contributed by atoms with Crippen molar-refractivity contribution in [3.63, 3.8) is 0 Å². The molecule has 2 aliphatic rings. The van der Waals surface area contributed by atoms with Gasteiger partial charge in [0.05, 0.1) is 8.66 Å². The minimum absolute atomic E-state index is 0.229. The number of carbonyl (C=O) groups is 1. The summed E-state index contributed by atoms with van der Waals surface area (Å²) in [4.78, 5) is 16.1. The smallest absolute Gasteiger partial charge is 0.264 e. The second kappa shape index (κ2) is 4.67. The lowest BCUT2D eigenvalue weighted by atomic mass is 10.0. The number of hydrogen-bond acceptors (Lipinski definition) is 2. The summed E-state index contributed by atoms with van der Waals surface area (Å²) in [5.74, 6) is 0.229. The standard InChI is InChI=1S/C12H13Br2NOS/c13-7-5-8-1-2-9(6-7)15(8)12(16)10-3-4-11(14)17-10/h3-4,7-9H,1-2,5-6H2. The summed E-state index contributed by atoms with van der Waals surface area (Å²) in [6.45, 7) is 0. The fourth-order valence-corrected chi connectivity index (χ4v) is 5.19. The first-order chi connectivity index (χ1) is 8.15. The van der Waals surface area contributed by atoms with E-state index >= 15 is 0 Å². The molecule has 3 heterocycles. The van der Waals surface area contributed by atoms with Gasteiger partial charge >= 0.3 is 0 Å². The van der Waals surface area contributed by atoms with Crippen molar-refractivity contribution in [2.24, 2.45) is 0 Å². The van der Waals surface area contributed by atoms with E-state index in [4.69, 9.17) is 0 Å². The Morgan fingerprint density at radius 3 is 2.47 bits per heavy atom. The van der Waals surface area contributed by atoms with E-state index in [0.29, 0.717) is 16.9 Å². The first kappa shape index (κ1) is 12.2. The van der Waals surface area contributed by atoms with Gasteiger partial charge in [-0.1, -0.05) is 15.9 Å². The number of fused-ring (bicyclic) bond motifs is 2. The maximum absolute atomic E-state index is 12.5. The second-order valence-electron chi connectivity index (χ2n) is 4.77. The Morgan fingerprint density at radius 1 is 1.29 bits per heavy atom. The Labute approximate surface area is 122 Å². The molecule has 0 radical (unpaired) electrons. The van der Waals surface area contributed by atoms with Gasteiger partial charge in [0.15, 0.2) is 0 Å². The van der Waals surface area contributed by atoms with Crippen LogP contribution in [0.5, 0.6) is 0 Å². The van der Waals surface area contributed by atoms with Crippen LogP contribution in [0.4, 0.5) is 0 Å². The van der Waals surface area contributed by atoms with Gasteiger partial charge in [0, 0.05) is 16.9 Å². The van der Waals surface area contributed by atoms with E-state index in [2.05, 4.69) is 36.8 Å². The van der Waals surface area contributed by atoms with Crippen LogP contribution < -0.4 is 0 Å². The van der Waals surface area contributed by atoms with Crippen molar-refractivity contribution in [3.8, 4) is 0 Å². The quantitative estimate of drug-likeness (QED) is 0.675. The van der Waals surface area contributed by atoms with Crippen molar-refractivity contribution in [2.75, 3.05) is 0 Å². The van der Waals surface area contributed by atoms with Crippen molar-refractivity contribution in [2.45, 2.75) is 42.6 Å². The Morgan fingerprint density at radius 2 is 1.94 bits per heavy atom. The number of thiophene rings is 1. The molecule has 2 bridgehead atoms. The molecule has 1 aromatic rings. The number of nitrogens with zero attached hydrogens (tertiary/aromatic N) is 1. The molecule has 2 atom stereocenters. The van der Waals surface area contributed by atoms with Crippen LogP contribution in [0.15, 0.2) is 15.9 Å². The van der Waals surface area contributed by atoms with E-state index in [1.807, 2.05) is 12.1 Å². The molecule has 1 amide bonds. The Hall–Kier alpha value is 0.130. The summed E-state index contributed by atoms with van der Waals surface area (Å²) < 4.78 is 1.03. The molecule has 2 aliphatic heterocycles. The molecule has 1 aromatic heterocycles. The van der Waals surface area contributed by atoms with E-state index in [1.165, 1.54) is 24.2 Å². The van der Waals surface area contributed by atoms with Gasteiger partial charge in [-0.2, -0.15) is 0 Å². The number of piperidine rings is 1. The molecule has 2 fully saturated rings. The number of rotatable bonds is 1. The number of amides is 1. The molecule has 3 rings (SSSR count). The highest BCUT2D eigenvalue weighted by Gasteiger charge is 2.42. The zero-order valence-corrected chi connectivity index (χ0v) is 13.2. The summed E-state index contributed by atoms with van der Waals surface area (Å²) in [7, 11) is 0. The molecular formula is C12H13Br2NOS. The molecule has 2 nitrogen and oxygen atoms in total. The van der Waals surface area contributed by atoms with Gasteiger partial charge in [-0.3, -0.25) is 4.79 Å². The van der Waals surface area contributed by atoms with Crippen LogP contribution in [-0.4, -0.2) is 27.7 Å². The van der Waals surface area contributed by atoms with Crippen LogP contribution >= 0.6 is 43.2 Å². The minimum Gasteiger partial charge on any atom is -0.332 e. The van der Waals surface area contributed by atoms with Gasteiger partial charge in [0.2, 0.25) is 0 Å². The Kier molecular flexibility index (Phi) is 3.34. The largest absolute Gasteiger partial charge is 0.332 e. The van der Waals surface area contributed by atoms with Gasteiger partial charge < -0.3 is 4.90 Å². The summed E-state index contributed by atoms with van der Waals surface area (Å²) >= 11 is 8.66. The third kappa shape index (κ3) is 2.22. The topological polar surface area (TPSA) is 20.3 Å². The zero-order chi connectivity index (χ0) is 12.0. The highest BCUT2D eigenvalue weighted by molar-refractivity contribution is 9.11. The molecule has 5 heteroatoms. The maximum atomic E-state index is 12.5. The highest BCUT2D eigenvalue weighted by atomic mass is 79.9. The van der Waals surface area contributed by atoms with Crippen molar-refractivity contribution >= 4 is 49.1 Å². The SMILES string of the molecule is O=C(c1ccc(Br)s1)N1C2CCC1CC(Br)C2. The van der Waals surface area contributed by atoms with Gasteiger partial charge in [0.25, 0.3) is 5.91 Å². The van der Waals surface area contributed by atoms with E-state index in [-0.39, 0.29) is 5.91 Å². The van der Waals surface area contributed by atoms with Gasteiger partial charge in [-0.25, -0.2) is 0 Å². The van der Waals surface area contributed by atoms with Crippen molar-refractivity contribution in [1.29, 1.82) is 0 Å². The first-order valence-electron chi connectivity index (χ1n) is 5.87. The van der Waals surface area contributed by atoms with E-state index < -0.39 is 0 Å². The molecule has 2 unspecified atom stereocenters. The second-order valence-corrected chi connectivity index (χ2v) is 8.53. The number of hydrogen-bond donors (Lipinski definition) is 0. The lowest BCUT2D eigenvalue weighted by molar-refractivity contribution is 0.0608. The normalized spacial score (nSPS) is 31.9. The van der Waals surface area contributed by atoms with Crippen molar-refractivity contribution in [1.82, 2.24) is 4.90 Å². The van der Waals surface area contributed by atoms with Crippen LogP contribution in [0.1, 0.15) is 35.4 Å². The lowest BCUT2D eigenvalue weighted by Gasteiger charge is -2.36. The maximum Gasteiger partial charge on any atom is 0.264 e. The first-order valence-corrected chi connectivity index (χ1v) is 8.39. The van der Waals surface area contributed by atoms with Gasteiger partial charge in [0.1, 0.15) is 0 Å². The number of carbonyl (C=O) groups excluding carboxylic acids is 1. The van der Waals surface area contributed by atoms with E-state index in [0.717, 1.165) is 21.5 Å². The van der Waals surface area contributed by atoms with Crippen LogP contribution in [0.3, 0.4) is 0 Å². The van der Waals surface area contributed by atoms with E-state index in [9.17, 15) is 4.79 Å². The van der Waals surface area contributed by atoms with E-state index in [1.54, 1.807) is 0 Å². The average Bonchev–Trinajstić information content (AvgIpc) is 2.81. The van der Waals surface area contributed by atoms with Crippen molar-refractivity contribution < 1.29 is 4.79 Å². The number of alkyl halides is 1. The molecule has 0 aliphatic carbocycles. The molecule has 0 aromatic carbocycles. The molecule has 0 spiro atoms. The molecule has 0 saturated carbocycles. The fourth-order valence-electron chi connectivity index (χ4n) is 3.00. The monoisotopic (exact) mass is 377 g/mol. The van der Waals surface area contributed by atoms with Crippen LogP contribution in [0.2, 0.25) is 0 Å². The molecule has 92 valence electrons.